The standard InChI is InChI=1S/C17H11F3N2O2S/c18-17(19,20)13-5-1-3-11(7-13)8-16-21-15(10-25-16)12-4-2-6-14(9-12)22(23)24/h1-7,9-10H,8H2. The quantitative estimate of drug-likeness (QED) is 0.464. The maximum Gasteiger partial charge on any atom is 0.416 e. The van der Waals surface area contributed by atoms with Crippen LogP contribution in [0.5, 0.6) is 0 Å². The van der Waals surface area contributed by atoms with Crippen molar-refractivity contribution in [3.05, 3.63) is 80.2 Å². The molecule has 0 saturated heterocycles. The van der Waals surface area contributed by atoms with Gasteiger partial charge in [0.25, 0.3) is 5.69 Å². The Balaban J connectivity index is 1.83. The number of hydrogen-bond donors (Lipinski definition) is 0. The number of nitro benzene ring substituents is 1. The highest BCUT2D eigenvalue weighted by Gasteiger charge is 2.30. The molecule has 0 N–H and O–H groups in total. The van der Waals surface area contributed by atoms with Crippen LogP contribution in [-0.4, -0.2) is 9.91 Å². The highest BCUT2D eigenvalue weighted by molar-refractivity contribution is 7.10. The van der Waals surface area contributed by atoms with Crippen LogP contribution in [0.15, 0.2) is 53.9 Å². The first-order valence-electron chi connectivity index (χ1n) is 7.18. The first kappa shape index (κ1) is 17.1. The number of nitrogens with zero attached hydrogens (tertiary/aromatic N) is 2. The lowest BCUT2D eigenvalue weighted by Gasteiger charge is -2.07. The third kappa shape index (κ3) is 4.03. The number of benzene rings is 2. The van der Waals surface area contributed by atoms with E-state index >= 15 is 0 Å². The zero-order chi connectivity index (χ0) is 18.0. The minimum atomic E-state index is -4.38. The van der Waals surface area contributed by atoms with Crippen molar-refractivity contribution in [2.24, 2.45) is 0 Å². The molecule has 0 fully saturated rings. The van der Waals surface area contributed by atoms with Gasteiger partial charge in [0.1, 0.15) is 0 Å². The van der Waals surface area contributed by atoms with Gasteiger partial charge < -0.3 is 0 Å². The van der Waals surface area contributed by atoms with Crippen molar-refractivity contribution in [3.8, 4) is 11.3 Å². The van der Waals surface area contributed by atoms with Crippen LogP contribution in [0.2, 0.25) is 0 Å². The summed E-state index contributed by atoms with van der Waals surface area (Å²) >= 11 is 1.30. The zero-order valence-electron chi connectivity index (χ0n) is 12.7. The summed E-state index contributed by atoms with van der Waals surface area (Å²) in [5.74, 6) is 0. The van der Waals surface area contributed by atoms with Gasteiger partial charge in [-0.2, -0.15) is 13.2 Å². The molecule has 0 amide bonds. The number of non-ortho nitro benzene ring substituents is 1. The molecule has 0 saturated carbocycles. The molecule has 3 aromatic rings. The normalized spacial score (nSPS) is 11.5. The molecular formula is C17H11F3N2O2S. The van der Waals surface area contributed by atoms with E-state index in [2.05, 4.69) is 4.98 Å². The molecule has 8 heteroatoms. The van der Waals surface area contributed by atoms with Gasteiger partial charge in [0.2, 0.25) is 0 Å². The van der Waals surface area contributed by atoms with Gasteiger partial charge in [0.15, 0.2) is 0 Å². The molecule has 1 heterocycles. The van der Waals surface area contributed by atoms with Gasteiger partial charge in [-0.05, 0) is 11.6 Å². The number of aromatic nitrogens is 1. The maximum atomic E-state index is 12.8. The lowest BCUT2D eigenvalue weighted by Crippen LogP contribution is -2.05. The van der Waals surface area contributed by atoms with Crippen LogP contribution in [-0.2, 0) is 12.6 Å². The molecule has 3 rings (SSSR count). The van der Waals surface area contributed by atoms with Gasteiger partial charge >= 0.3 is 6.18 Å². The molecular weight excluding hydrogens is 353 g/mol. The summed E-state index contributed by atoms with van der Waals surface area (Å²) in [4.78, 5) is 14.7. The van der Waals surface area contributed by atoms with Gasteiger partial charge in [-0.25, -0.2) is 4.98 Å². The molecule has 0 aliphatic rings. The van der Waals surface area contributed by atoms with Crippen molar-refractivity contribution in [1.82, 2.24) is 4.98 Å². The summed E-state index contributed by atoms with van der Waals surface area (Å²) < 4.78 is 38.3. The minimum Gasteiger partial charge on any atom is -0.258 e. The lowest BCUT2D eigenvalue weighted by atomic mass is 10.1. The number of thiazole rings is 1. The Morgan fingerprint density at radius 1 is 1.12 bits per heavy atom. The Bertz CT molecular complexity index is 922. The Morgan fingerprint density at radius 2 is 1.88 bits per heavy atom. The minimum absolute atomic E-state index is 0.0371. The van der Waals surface area contributed by atoms with Crippen molar-refractivity contribution in [2.75, 3.05) is 0 Å². The van der Waals surface area contributed by atoms with E-state index in [1.54, 1.807) is 23.6 Å². The van der Waals surface area contributed by atoms with E-state index < -0.39 is 16.7 Å². The van der Waals surface area contributed by atoms with E-state index in [1.807, 2.05) is 0 Å². The second-order valence-electron chi connectivity index (χ2n) is 5.31. The predicted molar refractivity (Wildman–Crippen MR) is 88.5 cm³/mol. The molecule has 0 spiro atoms. The molecule has 0 aliphatic heterocycles. The molecule has 128 valence electrons. The largest absolute Gasteiger partial charge is 0.416 e. The van der Waals surface area contributed by atoms with Crippen LogP contribution in [0.4, 0.5) is 18.9 Å². The second-order valence-corrected chi connectivity index (χ2v) is 6.25. The summed E-state index contributed by atoms with van der Waals surface area (Å²) in [6.45, 7) is 0. The van der Waals surface area contributed by atoms with Crippen LogP contribution in [0.25, 0.3) is 11.3 Å². The lowest BCUT2D eigenvalue weighted by molar-refractivity contribution is -0.384. The smallest absolute Gasteiger partial charge is 0.258 e. The Kier molecular flexibility index (Phi) is 4.54. The average molecular weight is 364 g/mol. The maximum absolute atomic E-state index is 12.8. The fraction of sp³-hybridized carbons (Fsp3) is 0.118. The summed E-state index contributed by atoms with van der Waals surface area (Å²) in [5.41, 5.74) is 0.941. The van der Waals surface area contributed by atoms with E-state index in [-0.39, 0.29) is 12.1 Å². The Morgan fingerprint density at radius 3 is 2.60 bits per heavy atom. The molecule has 0 radical (unpaired) electrons. The van der Waals surface area contributed by atoms with Gasteiger partial charge in [-0.1, -0.05) is 30.3 Å². The SMILES string of the molecule is O=[N+]([O-])c1cccc(-c2csc(Cc3cccc(C(F)(F)F)c3)n2)c1. The van der Waals surface area contributed by atoms with Crippen molar-refractivity contribution >= 4 is 17.0 Å². The van der Waals surface area contributed by atoms with E-state index in [0.29, 0.717) is 21.8 Å². The fourth-order valence-electron chi connectivity index (χ4n) is 2.34. The first-order valence-corrected chi connectivity index (χ1v) is 8.06. The monoisotopic (exact) mass is 364 g/mol. The van der Waals surface area contributed by atoms with Gasteiger partial charge in [0, 0.05) is 29.5 Å². The molecule has 25 heavy (non-hydrogen) atoms. The van der Waals surface area contributed by atoms with Crippen molar-refractivity contribution in [3.63, 3.8) is 0 Å². The van der Waals surface area contributed by atoms with Gasteiger partial charge in [0.05, 0.1) is 21.2 Å². The molecule has 0 atom stereocenters. The Hall–Kier alpha value is -2.74. The summed E-state index contributed by atoms with van der Waals surface area (Å²) in [7, 11) is 0. The zero-order valence-corrected chi connectivity index (χ0v) is 13.5. The summed E-state index contributed by atoms with van der Waals surface area (Å²) in [6.07, 6.45) is -4.11. The molecule has 0 aliphatic carbocycles. The predicted octanol–water partition coefficient (Wildman–Crippen LogP) is 5.33. The summed E-state index contributed by atoms with van der Waals surface area (Å²) in [6, 6.07) is 11.2. The topological polar surface area (TPSA) is 56.0 Å². The van der Waals surface area contributed by atoms with E-state index in [4.69, 9.17) is 0 Å². The molecule has 0 bridgehead atoms. The average Bonchev–Trinajstić information content (AvgIpc) is 3.03. The summed E-state index contributed by atoms with van der Waals surface area (Å²) in [5, 5.41) is 13.2. The van der Waals surface area contributed by atoms with Crippen LogP contribution < -0.4 is 0 Å². The van der Waals surface area contributed by atoms with Crippen LogP contribution in [0, 0.1) is 10.1 Å². The second kappa shape index (κ2) is 6.64. The van der Waals surface area contributed by atoms with Crippen LogP contribution in [0.3, 0.4) is 0 Å². The van der Waals surface area contributed by atoms with Crippen molar-refractivity contribution < 1.29 is 18.1 Å². The highest BCUT2D eigenvalue weighted by Crippen LogP contribution is 2.31. The molecule has 4 nitrogen and oxygen atoms in total. The molecule has 0 unspecified atom stereocenters. The first-order chi connectivity index (χ1) is 11.8. The van der Waals surface area contributed by atoms with Crippen molar-refractivity contribution in [1.29, 1.82) is 0 Å². The number of alkyl halides is 3. The number of rotatable bonds is 4. The molecule has 1 aromatic heterocycles. The van der Waals surface area contributed by atoms with E-state index in [0.717, 1.165) is 12.1 Å². The number of halogens is 3. The highest BCUT2D eigenvalue weighted by atomic mass is 32.1. The van der Waals surface area contributed by atoms with Crippen molar-refractivity contribution in [2.45, 2.75) is 12.6 Å². The third-order valence-corrected chi connectivity index (χ3v) is 4.36. The van der Waals surface area contributed by atoms with E-state index in [1.165, 1.54) is 29.5 Å². The molecule has 2 aromatic carbocycles. The fourth-order valence-corrected chi connectivity index (χ4v) is 3.17. The van der Waals surface area contributed by atoms with Crippen LogP contribution in [0.1, 0.15) is 16.1 Å². The number of nitro groups is 1. The van der Waals surface area contributed by atoms with Crippen LogP contribution >= 0.6 is 11.3 Å². The van der Waals surface area contributed by atoms with Gasteiger partial charge in [-0.15, -0.1) is 11.3 Å². The number of hydrogen-bond acceptors (Lipinski definition) is 4. The van der Waals surface area contributed by atoms with Gasteiger partial charge in [-0.3, -0.25) is 10.1 Å². The third-order valence-electron chi connectivity index (χ3n) is 3.51. The Labute approximate surface area is 144 Å². The van der Waals surface area contributed by atoms with E-state index in [9.17, 15) is 23.3 Å².